The Morgan fingerprint density at radius 1 is 0.762 bits per heavy atom. The summed E-state index contributed by atoms with van der Waals surface area (Å²) in [6, 6.07) is 0.478. The molecule has 0 spiro atoms. The van der Waals surface area contributed by atoms with Crippen molar-refractivity contribution in [2.75, 3.05) is 0 Å². The molecule has 0 aliphatic heterocycles. The van der Waals surface area contributed by atoms with E-state index in [1.165, 1.54) is 20.8 Å². The van der Waals surface area contributed by atoms with E-state index in [-0.39, 0.29) is 11.6 Å². The molecule has 2 N–H and O–H groups in total. The number of alkyl halides is 6. The lowest BCUT2D eigenvalue weighted by atomic mass is 9.69. The third kappa shape index (κ3) is 3.91. The molecule has 0 bridgehead atoms. The third-order valence-electron chi connectivity index (χ3n) is 2.89. The first kappa shape index (κ1) is 17.8. The van der Waals surface area contributed by atoms with E-state index >= 15 is 0 Å². The average molecular weight is 314 g/mol. The van der Waals surface area contributed by atoms with Gasteiger partial charge in [-0.3, -0.25) is 0 Å². The first-order valence-electron chi connectivity index (χ1n) is 5.84. The zero-order valence-electron chi connectivity index (χ0n) is 11.4. The van der Waals surface area contributed by atoms with Gasteiger partial charge in [0.15, 0.2) is 0 Å². The first-order chi connectivity index (χ1) is 9.15. The molecule has 118 valence electrons. The molecule has 21 heavy (non-hydrogen) atoms. The third-order valence-corrected chi connectivity index (χ3v) is 2.89. The van der Waals surface area contributed by atoms with Crippen LogP contribution in [0.25, 0.3) is 0 Å². The Labute approximate surface area is 117 Å². The maximum Gasteiger partial charge on any atom is 0.488 e. The van der Waals surface area contributed by atoms with Crippen LogP contribution >= 0.6 is 0 Å². The summed E-state index contributed by atoms with van der Waals surface area (Å²) in [4.78, 5) is 0. The molecule has 0 saturated carbocycles. The minimum absolute atomic E-state index is 0.147. The van der Waals surface area contributed by atoms with Gasteiger partial charge >= 0.3 is 19.5 Å². The Balaban J connectivity index is 3.80. The van der Waals surface area contributed by atoms with Crippen molar-refractivity contribution in [3.63, 3.8) is 0 Å². The predicted octanol–water partition coefficient (Wildman–Crippen LogP) is 2.70. The van der Waals surface area contributed by atoms with Crippen LogP contribution in [0.4, 0.5) is 26.3 Å². The van der Waals surface area contributed by atoms with Crippen molar-refractivity contribution in [3.8, 4) is 0 Å². The summed E-state index contributed by atoms with van der Waals surface area (Å²) in [6.07, 6.45) is -10.5. The molecule has 0 unspecified atom stereocenters. The fourth-order valence-electron chi connectivity index (χ4n) is 1.95. The Morgan fingerprint density at radius 2 is 1.14 bits per heavy atom. The summed E-state index contributed by atoms with van der Waals surface area (Å²) < 4.78 is 76.9. The average Bonchev–Trinajstić information content (AvgIpc) is 2.23. The van der Waals surface area contributed by atoms with Gasteiger partial charge in [-0.05, 0) is 28.6 Å². The second-order valence-electron chi connectivity index (χ2n) is 5.60. The second kappa shape index (κ2) is 5.21. The van der Waals surface area contributed by atoms with Crippen LogP contribution in [-0.2, 0) is 17.8 Å². The highest BCUT2D eigenvalue weighted by Gasteiger charge is 2.45. The molecular weight excluding hydrogens is 301 g/mol. The van der Waals surface area contributed by atoms with E-state index in [1.807, 2.05) is 0 Å². The van der Waals surface area contributed by atoms with E-state index in [4.69, 9.17) is 10.0 Å². The standard InChI is InChI=1S/C12H13BF6O2/c1-10(2,3)8-4-6(11(14,15)16)7(12(17,18)19)5-9(8)13(20)21/h4-5,20-21H,1-3H3. The quantitative estimate of drug-likeness (QED) is 0.618. The molecule has 0 radical (unpaired) electrons. The molecule has 0 amide bonds. The van der Waals surface area contributed by atoms with E-state index in [0.29, 0.717) is 6.07 Å². The van der Waals surface area contributed by atoms with Crippen molar-refractivity contribution in [2.24, 2.45) is 0 Å². The molecule has 1 aromatic rings. The summed E-state index contributed by atoms with van der Waals surface area (Å²) in [5.41, 5.74) is -5.58. The highest BCUT2D eigenvalue weighted by Crippen LogP contribution is 2.41. The van der Waals surface area contributed by atoms with Crippen molar-refractivity contribution in [2.45, 2.75) is 38.5 Å². The van der Waals surface area contributed by atoms with Gasteiger partial charge in [0.2, 0.25) is 0 Å². The highest BCUT2D eigenvalue weighted by atomic mass is 19.4. The monoisotopic (exact) mass is 314 g/mol. The lowest BCUT2D eigenvalue weighted by Crippen LogP contribution is -2.39. The van der Waals surface area contributed by atoms with Gasteiger partial charge in [-0.15, -0.1) is 0 Å². The fourth-order valence-corrected chi connectivity index (χ4v) is 1.95. The molecular formula is C12H13BF6O2. The van der Waals surface area contributed by atoms with E-state index in [2.05, 4.69) is 0 Å². The lowest BCUT2D eigenvalue weighted by Gasteiger charge is -2.26. The summed E-state index contributed by atoms with van der Waals surface area (Å²) >= 11 is 0. The summed E-state index contributed by atoms with van der Waals surface area (Å²) in [5, 5.41) is 18.3. The van der Waals surface area contributed by atoms with Crippen molar-refractivity contribution >= 4 is 12.6 Å². The van der Waals surface area contributed by atoms with Crippen molar-refractivity contribution in [1.82, 2.24) is 0 Å². The van der Waals surface area contributed by atoms with Crippen LogP contribution in [-0.4, -0.2) is 17.2 Å². The van der Waals surface area contributed by atoms with Gasteiger partial charge in [-0.25, -0.2) is 0 Å². The van der Waals surface area contributed by atoms with Crippen molar-refractivity contribution < 1.29 is 36.4 Å². The highest BCUT2D eigenvalue weighted by molar-refractivity contribution is 6.59. The van der Waals surface area contributed by atoms with Gasteiger partial charge in [0.05, 0.1) is 11.1 Å². The Hall–Kier alpha value is -1.22. The number of hydrogen-bond donors (Lipinski definition) is 2. The van der Waals surface area contributed by atoms with E-state index < -0.39 is 41.5 Å². The molecule has 0 atom stereocenters. The van der Waals surface area contributed by atoms with E-state index in [1.54, 1.807) is 0 Å². The number of benzene rings is 1. The number of hydrogen-bond acceptors (Lipinski definition) is 2. The molecule has 1 rings (SSSR count). The Morgan fingerprint density at radius 3 is 1.43 bits per heavy atom. The van der Waals surface area contributed by atoms with E-state index in [9.17, 15) is 26.3 Å². The number of halogens is 6. The fraction of sp³-hybridized carbons (Fsp3) is 0.500. The van der Waals surface area contributed by atoms with E-state index in [0.717, 1.165) is 0 Å². The maximum atomic E-state index is 12.9. The van der Waals surface area contributed by atoms with Crippen LogP contribution in [0.15, 0.2) is 12.1 Å². The molecule has 1 aromatic carbocycles. The molecule has 0 aliphatic carbocycles. The summed E-state index contributed by atoms with van der Waals surface area (Å²) in [7, 11) is -2.30. The minimum atomic E-state index is -5.26. The van der Waals surface area contributed by atoms with Crippen LogP contribution in [0.3, 0.4) is 0 Å². The summed E-state index contributed by atoms with van der Waals surface area (Å²) in [6.45, 7) is 4.38. The second-order valence-corrected chi connectivity index (χ2v) is 5.60. The topological polar surface area (TPSA) is 40.5 Å². The molecule has 0 heterocycles. The first-order valence-corrected chi connectivity index (χ1v) is 5.84. The Bertz CT molecular complexity index is 528. The van der Waals surface area contributed by atoms with Crippen LogP contribution < -0.4 is 5.46 Å². The van der Waals surface area contributed by atoms with Gasteiger partial charge in [0.1, 0.15) is 0 Å². The van der Waals surface area contributed by atoms with Crippen LogP contribution in [0.2, 0.25) is 0 Å². The molecule has 0 fully saturated rings. The SMILES string of the molecule is CC(C)(C)c1cc(C(F)(F)F)c(C(F)(F)F)cc1B(O)O. The van der Waals surface area contributed by atoms with Crippen LogP contribution in [0.5, 0.6) is 0 Å². The predicted molar refractivity (Wildman–Crippen MR) is 65.0 cm³/mol. The minimum Gasteiger partial charge on any atom is -0.423 e. The lowest BCUT2D eigenvalue weighted by molar-refractivity contribution is -0.162. The zero-order valence-corrected chi connectivity index (χ0v) is 11.4. The smallest absolute Gasteiger partial charge is 0.423 e. The van der Waals surface area contributed by atoms with Crippen LogP contribution in [0, 0.1) is 0 Å². The van der Waals surface area contributed by atoms with Gasteiger partial charge in [-0.2, -0.15) is 26.3 Å². The van der Waals surface area contributed by atoms with Gasteiger partial charge in [0, 0.05) is 0 Å². The van der Waals surface area contributed by atoms with Crippen molar-refractivity contribution in [1.29, 1.82) is 0 Å². The molecule has 9 heteroatoms. The van der Waals surface area contributed by atoms with Crippen molar-refractivity contribution in [3.05, 3.63) is 28.8 Å². The molecule has 0 aromatic heterocycles. The van der Waals surface area contributed by atoms with Crippen LogP contribution in [0.1, 0.15) is 37.5 Å². The molecule has 2 nitrogen and oxygen atoms in total. The van der Waals surface area contributed by atoms with Gasteiger partial charge in [0.25, 0.3) is 0 Å². The summed E-state index contributed by atoms with van der Waals surface area (Å²) in [5.74, 6) is 0. The largest absolute Gasteiger partial charge is 0.488 e. The maximum absolute atomic E-state index is 12.9. The van der Waals surface area contributed by atoms with Gasteiger partial charge in [-0.1, -0.05) is 20.8 Å². The van der Waals surface area contributed by atoms with Gasteiger partial charge < -0.3 is 10.0 Å². The normalized spacial score (nSPS) is 13.5. The number of rotatable bonds is 1. The molecule has 0 aliphatic rings. The molecule has 0 saturated heterocycles. The Kier molecular flexibility index (Phi) is 4.42. The zero-order chi connectivity index (χ0) is 16.8.